The summed E-state index contributed by atoms with van der Waals surface area (Å²) in [5.74, 6) is -0.790. The van der Waals surface area contributed by atoms with Crippen LogP contribution in [0, 0.1) is 0 Å². The van der Waals surface area contributed by atoms with Gasteiger partial charge < -0.3 is 14.6 Å². The smallest absolute Gasteiger partial charge is 0.344 e. The van der Waals surface area contributed by atoms with E-state index in [1.165, 1.54) is 0 Å². The van der Waals surface area contributed by atoms with Crippen LogP contribution in [0.15, 0.2) is 75.8 Å². The molecule has 0 fully saturated rings. The van der Waals surface area contributed by atoms with Crippen molar-refractivity contribution in [3.8, 4) is 5.75 Å². The van der Waals surface area contributed by atoms with Gasteiger partial charge in [0.25, 0.3) is 5.91 Å². The molecule has 1 aliphatic rings. The van der Waals surface area contributed by atoms with Crippen LogP contribution in [0.5, 0.6) is 5.75 Å². The first kappa shape index (κ1) is 20.4. The minimum atomic E-state index is -0.727. The molecule has 1 aliphatic heterocycles. The Balaban J connectivity index is 1.98. The van der Waals surface area contributed by atoms with E-state index >= 15 is 0 Å². The van der Waals surface area contributed by atoms with E-state index in [4.69, 9.17) is 9.47 Å². The third-order valence-corrected chi connectivity index (χ3v) is 5.03. The Kier molecular flexibility index (Phi) is 6.51. The summed E-state index contributed by atoms with van der Waals surface area (Å²) in [5, 5.41) is 10.7. The maximum Gasteiger partial charge on any atom is 0.344 e. The van der Waals surface area contributed by atoms with Gasteiger partial charge in [0.05, 0.1) is 18.6 Å². The number of aliphatic hydroxyl groups is 1. The molecule has 1 N–H and O–H groups in total. The zero-order valence-electron chi connectivity index (χ0n) is 15.9. The van der Waals surface area contributed by atoms with Crippen molar-refractivity contribution in [1.82, 2.24) is 0 Å². The zero-order chi connectivity index (χ0) is 20.8. The molecule has 1 heterocycles. The van der Waals surface area contributed by atoms with Gasteiger partial charge in [0.1, 0.15) is 22.1 Å². The largest absolute Gasteiger partial charge is 0.506 e. The van der Waals surface area contributed by atoms with Crippen molar-refractivity contribution < 1.29 is 24.2 Å². The van der Waals surface area contributed by atoms with Crippen LogP contribution in [0.2, 0.25) is 0 Å². The van der Waals surface area contributed by atoms with Crippen molar-refractivity contribution >= 4 is 34.8 Å². The summed E-state index contributed by atoms with van der Waals surface area (Å²) in [6.45, 7) is 1.80. The van der Waals surface area contributed by atoms with Crippen molar-refractivity contribution in [2.75, 3.05) is 13.7 Å². The van der Waals surface area contributed by atoms with Gasteiger partial charge in [-0.1, -0.05) is 42.1 Å². The van der Waals surface area contributed by atoms with E-state index in [-0.39, 0.29) is 23.0 Å². The van der Waals surface area contributed by atoms with E-state index in [1.807, 2.05) is 12.1 Å². The van der Waals surface area contributed by atoms with Crippen molar-refractivity contribution in [3.63, 3.8) is 0 Å². The molecule has 2 aromatic rings. The molecule has 148 valence electrons. The third kappa shape index (κ3) is 4.75. The lowest BCUT2D eigenvalue weighted by atomic mass is 10.1. The molecule has 0 radical (unpaired) electrons. The number of ether oxygens (including phenoxy) is 2. The molecule has 0 aliphatic carbocycles. The second-order valence-electron chi connectivity index (χ2n) is 5.92. The fourth-order valence-electron chi connectivity index (χ4n) is 2.58. The molecule has 0 aromatic heterocycles. The van der Waals surface area contributed by atoms with E-state index < -0.39 is 11.9 Å². The maximum atomic E-state index is 12.5. The third-order valence-electron chi connectivity index (χ3n) is 4.01. The summed E-state index contributed by atoms with van der Waals surface area (Å²) in [6.07, 6.45) is 1.70. The standard InChI is InChI=1S/C22H19NO5S/c1-3-28-22(26)18-19(24)17(13-14-9-11-16(27-2)12-10-14)29-21(18)23-20(25)15-7-5-4-6-8-15/h4-13,24H,3H2,1-2H3/b17-13-,23-21?. The van der Waals surface area contributed by atoms with E-state index in [1.54, 1.807) is 62.6 Å². The summed E-state index contributed by atoms with van der Waals surface area (Å²) in [7, 11) is 1.58. The quantitative estimate of drug-likeness (QED) is 0.737. The molecule has 0 saturated carbocycles. The van der Waals surface area contributed by atoms with Crippen LogP contribution < -0.4 is 4.74 Å². The highest BCUT2D eigenvalue weighted by Crippen LogP contribution is 2.39. The number of aliphatic hydroxyl groups excluding tert-OH is 1. The van der Waals surface area contributed by atoms with Gasteiger partial charge in [-0.05, 0) is 42.8 Å². The average molecular weight is 409 g/mol. The molecule has 1 amide bonds. The molecule has 3 rings (SSSR count). The number of carbonyl (C=O) groups is 2. The molecule has 0 saturated heterocycles. The first-order valence-electron chi connectivity index (χ1n) is 8.86. The topological polar surface area (TPSA) is 85.2 Å². The highest BCUT2D eigenvalue weighted by atomic mass is 32.2. The number of aliphatic imine (C=N–C) groups is 1. The normalized spacial score (nSPS) is 16.3. The second kappa shape index (κ2) is 9.25. The summed E-state index contributed by atoms with van der Waals surface area (Å²) < 4.78 is 10.2. The van der Waals surface area contributed by atoms with Crippen LogP contribution in [-0.2, 0) is 9.53 Å². The Morgan fingerprint density at radius 2 is 1.79 bits per heavy atom. The number of benzene rings is 2. The molecule has 29 heavy (non-hydrogen) atoms. The number of carbonyl (C=O) groups excluding carboxylic acids is 2. The maximum absolute atomic E-state index is 12.5. The predicted molar refractivity (Wildman–Crippen MR) is 113 cm³/mol. The molecule has 2 aromatic carbocycles. The lowest BCUT2D eigenvalue weighted by Gasteiger charge is -2.03. The minimum absolute atomic E-state index is 0.106. The number of hydrogen-bond acceptors (Lipinski definition) is 6. The Labute approximate surface area is 172 Å². The SMILES string of the molecule is CCOC(=O)C1=C(O)/C(=C/c2ccc(OC)cc2)SC1=NC(=O)c1ccccc1. The molecule has 0 unspecified atom stereocenters. The van der Waals surface area contributed by atoms with Crippen molar-refractivity contribution in [3.05, 3.63) is 82.0 Å². The van der Waals surface area contributed by atoms with Gasteiger partial charge in [0.2, 0.25) is 0 Å². The molecule has 6 nitrogen and oxygen atoms in total. The summed E-state index contributed by atoms with van der Waals surface area (Å²) >= 11 is 1.04. The number of methoxy groups -OCH3 is 1. The van der Waals surface area contributed by atoms with Gasteiger partial charge in [-0.2, -0.15) is 0 Å². The molecule has 7 heteroatoms. The number of nitrogens with zero attached hydrogens (tertiary/aromatic N) is 1. The highest BCUT2D eigenvalue weighted by Gasteiger charge is 2.33. The van der Waals surface area contributed by atoms with Gasteiger partial charge >= 0.3 is 5.97 Å². The van der Waals surface area contributed by atoms with Crippen LogP contribution in [0.4, 0.5) is 0 Å². The van der Waals surface area contributed by atoms with E-state index in [0.29, 0.717) is 16.2 Å². The molecule has 0 atom stereocenters. The van der Waals surface area contributed by atoms with Crippen molar-refractivity contribution in [2.24, 2.45) is 4.99 Å². The number of thioether (sulfide) groups is 1. The number of esters is 1. The number of rotatable bonds is 5. The molecule has 0 spiro atoms. The Hall–Kier alpha value is -3.32. The van der Waals surface area contributed by atoms with Gasteiger partial charge in [0, 0.05) is 5.56 Å². The van der Waals surface area contributed by atoms with Gasteiger partial charge in [-0.15, -0.1) is 0 Å². The minimum Gasteiger partial charge on any atom is -0.506 e. The van der Waals surface area contributed by atoms with E-state index in [2.05, 4.69) is 4.99 Å². The van der Waals surface area contributed by atoms with Gasteiger partial charge in [0.15, 0.2) is 0 Å². The summed E-state index contributed by atoms with van der Waals surface area (Å²) in [4.78, 5) is 29.3. The lowest BCUT2D eigenvalue weighted by molar-refractivity contribution is -0.138. The summed E-state index contributed by atoms with van der Waals surface area (Å²) in [5.41, 5.74) is 1.07. The molecule has 0 bridgehead atoms. The first-order valence-corrected chi connectivity index (χ1v) is 9.68. The lowest BCUT2D eigenvalue weighted by Crippen LogP contribution is -2.14. The van der Waals surface area contributed by atoms with E-state index in [0.717, 1.165) is 17.3 Å². The van der Waals surface area contributed by atoms with Crippen LogP contribution in [0.25, 0.3) is 6.08 Å². The Morgan fingerprint density at radius 1 is 1.10 bits per heavy atom. The summed E-state index contributed by atoms with van der Waals surface area (Å²) in [6, 6.07) is 15.7. The predicted octanol–water partition coefficient (Wildman–Crippen LogP) is 4.40. The highest BCUT2D eigenvalue weighted by molar-refractivity contribution is 8.18. The van der Waals surface area contributed by atoms with Gasteiger partial charge in [-0.3, -0.25) is 4.79 Å². The van der Waals surface area contributed by atoms with Gasteiger partial charge in [-0.25, -0.2) is 9.79 Å². The molecular weight excluding hydrogens is 390 g/mol. The molecular formula is C22H19NO5S. The number of hydrogen-bond donors (Lipinski definition) is 1. The van der Waals surface area contributed by atoms with Crippen LogP contribution in [0.3, 0.4) is 0 Å². The van der Waals surface area contributed by atoms with Crippen molar-refractivity contribution in [2.45, 2.75) is 6.92 Å². The Bertz CT molecular complexity index is 1010. The van der Waals surface area contributed by atoms with E-state index in [9.17, 15) is 14.7 Å². The number of amides is 1. The van der Waals surface area contributed by atoms with Crippen molar-refractivity contribution in [1.29, 1.82) is 0 Å². The van der Waals surface area contributed by atoms with Crippen LogP contribution >= 0.6 is 11.8 Å². The Morgan fingerprint density at radius 3 is 2.41 bits per heavy atom. The zero-order valence-corrected chi connectivity index (χ0v) is 16.7. The second-order valence-corrected chi connectivity index (χ2v) is 6.95. The van der Waals surface area contributed by atoms with Crippen LogP contribution in [-0.4, -0.2) is 35.7 Å². The fourth-order valence-corrected chi connectivity index (χ4v) is 3.59. The monoisotopic (exact) mass is 409 g/mol. The average Bonchev–Trinajstić information content (AvgIpc) is 3.04. The first-order chi connectivity index (χ1) is 14.0. The van der Waals surface area contributed by atoms with Crippen LogP contribution in [0.1, 0.15) is 22.8 Å². The fraction of sp³-hybridized carbons (Fsp3) is 0.136.